The van der Waals surface area contributed by atoms with E-state index in [0.29, 0.717) is 6.54 Å². The van der Waals surface area contributed by atoms with Crippen molar-refractivity contribution in [3.05, 3.63) is 51.2 Å². The Hall–Kier alpha value is -2.65. The number of benzene rings is 1. The van der Waals surface area contributed by atoms with Gasteiger partial charge in [0.05, 0.1) is 28.8 Å². The van der Waals surface area contributed by atoms with Crippen LogP contribution in [0.3, 0.4) is 0 Å². The van der Waals surface area contributed by atoms with Gasteiger partial charge < -0.3 is 19.9 Å². The third-order valence-corrected chi connectivity index (χ3v) is 10.5. The van der Waals surface area contributed by atoms with Crippen molar-refractivity contribution in [2.24, 2.45) is 5.92 Å². The van der Waals surface area contributed by atoms with E-state index in [1.807, 2.05) is 36.3 Å². The summed E-state index contributed by atoms with van der Waals surface area (Å²) in [5, 5.41) is 2.71. The quantitative estimate of drug-likeness (QED) is 0.321. The first-order valence-corrected chi connectivity index (χ1v) is 15.1. The van der Waals surface area contributed by atoms with Gasteiger partial charge in [0.1, 0.15) is 11.9 Å². The van der Waals surface area contributed by atoms with Crippen molar-refractivity contribution in [2.75, 3.05) is 13.7 Å². The smallest absolute Gasteiger partial charge is 0.407 e. The van der Waals surface area contributed by atoms with Crippen LogP contribution < -0.4 is 5.32 Å². The number of amides is 2. The second kappa shape index (κ2) is 10.2. The molecule has 1 saturated carbocycles. The minimum atomic E-state index is -0.640. The Morgan fingerprint density at radius 2 is 1.84 bits per heavy atom. The van der Waals surface area contributed by atoms with Gasteiger partial charge in [-0.25, -0.2) is 9.78 Å². The lowest BCUT2D eigenvalue weighted by Gasteiger charge is -2.30. The number of thiophene rings is 1. The third kappa shape index (κ3) is 4.37. The van der Waals surface area contributed by atoms with Gasteiger partial charge in [-0.3, -0.25) is 4.79 Å². The van der Waals surface area contributed by atoms with Crippen LogP contribution in [0, 0.1) is 5.92 Å². The van der Waals surface area contributed by atoms with Crippen molar-refractivity contribution in [3.8, 4) is 21.7 Å². The van der Waals surface area contributed by atoms with Gasteiger partial charge in [0.2, 0.25) is 5.91 Å². The van der Waals surface area contributed by atoms with E-state index in [9.17, 15) is 9.59 Å². The molecule has 2 N–H and O–H groups in total. The Kier molecular flexibility index (Phi) is 6.84. The van der Waals surface area contributed by atoms with Crippen LogP contribution in [0.25, 0.3) is 21.7 Å². The molecule has 7 nitrogen and oxygen atoms in total. The van der Waals surface area contributed by atoms with Crippen LogP contribution in [0.2, 0.25) is 0 Å². The molecule has 2 aromatic heterocycles. The molecule has 1 aliphatic heterocycles. The first kappa shape index (κ1) is 25.6. The molecule has 6 rings (SSSR count). The molecular formula is C29H33BrN4O3S. The van der Waals surface area contributed by atoms with E-state index < -0.39 is 12.1 Å². The van der Waals surface area contributed by atoms with Crippen LogP contribution in [-0.4, -0.2) is 46.6 Å². The minimum Gasteiger partial charge on any atom is -0.453 e. The summed E-state index contributed by atoms with van der Waals surface area (Å²) in [5.74, 6) is 2.09. The van der Waals surface area contributed by atoms with E-state index in [-0.39, 0.29) is 17.9 Å². The number of nitrogens with one attached hydrogen (secondary N) is 2. The van der Waals surface area contributed by atoms with Gasteiger partial charge in [0.25, 0.3) is 0 Å². The average molecular weight is 598 g/mol. The number of fused-ring (bicyclic) bond motifs is 5. The van der Waals surface area contributed by atoms with Gasteiger partial charge in [0.15, 0.2) is 0 Å². The number of carbonyl (C=O) groups excluding carboxylic acids is 2. The maximum absolute atomic E-state index is 13.4. The zero-order chi connectivity index (χ0) is 26.6. The Morgan fingerprint density at radius 3 is 2.55 bits per heavy atom. The number of carbonyl (C=O) groups is 2. The van der Waals surface area contributed by atoms with E-state index in [1.54, 1.807) is 11.1 Å². The summed E-state index contributed by atoms with van der Waals surface area (Å²) < 4.78 is 6.05. The molecule has 2 aliphatic carbocycles. The molecule has 4 unspecified atom stereocenters. The maximum atomic E-state index is 13.4. The summed E-state index contributed by atoms with van der Waals surface area (Å²) in [7, 11) is 1.31. The SMILES string of the molecule is COC(=O)NC(C(=O)N1CCCC1c1ncc(-c2ccc(-c3sc(Br)c4c3C3CCC4C3)cc2)[nH]1)C(C)C. The lowest BCUT2D eigenvalue weighted by Crippen LogP contribution is -2.51. The summed E-state index contributed by atoms with van der Waals surface area (Å²) in [5.41, 5.74) is 6.45. The number of likely N-dealkylation sites (tertiary alicyclic amines) is 1. The van der Waals surface area contributed by atoms with Gasteiger partial charge in [-0.15, -0.1) is 11.3 Å². The summed E-state index contributed by atoms with van der Waals surface area (Å²) in [6, 6.07) is 7.98. The van der Waals surface area contributed by atoms with Gasteiger partial charge in [0, 0.05) is 11.4 Å². The highest BCUT2D eigenvalue weighted by Gasteiger charge is 2.42. The number of imidazole rings is 1. The molecule has 3 heterocycles. The number of aromatic amines is 1. The topological polar surface area (TPSA) is 87.3 Å². The van der Waals surface area contributed by atoms with E-state index >= 15 is 0 Å². The average Bonchev–Trinajstić information content (AvgIpc) is 3.74. The van der Waals surface area contributed by atoms with Crippen molar-refractivity contribution >= 4 is 39.3 Å². The zero-order valence-electron chi connectivity index (χ0n) is 21.9. The van der Waals surface area contributed by atoms with Gasteiger partial charge in [-0.05, 0) is 88.0 Å². The molecule has 38 heavy (non-hydrogen) atoms. The van der Waals surface area contributed by atoms with Crippen molar-refractivity contribution in [2.45, 2.75) is 69.9 Å². The van der Waals surface area contributed by atoms with E-state index in [0.717, 1.165) is 41.8 Å². The highest BCUT2D eigenvalue weighted by atomic mass is 79.9. The Morgan fingerprint density at radius 1 is 1.13 bits per heavy atom. The summed E-state index contributed by atoms with van der Waals surface area (Å²) in [6.07, 6.45) is 6.96. The standard InChI is InChI=1S/C29H33BrN4O3S/c1-15(2)24(33-29(36)37-3)28(35)34-12-4-5-21(34)27-31-14-20(32-27)16-6-8-17(9-7-16)25-22-18-10-11-19(13-18)23(22)26(30)38-25/h6-9,14-15,18-19,21,24H,4-5,10-13H2,1-3H3,(H,31,32)(H,33,36). The molecule has 1 saturated heterocycles. The first-order valence-electron chi connectivity index (χ1n) is 13.5. The molecule has 2 fully saturated rings. The number of halogens is 1. The molecule has 4 atom stereocenters. The van der Waals surface area contributed by atoms with Crippen LogP contribution in [0.15, 0.2) is 34.2 Å². The molecule has 2 amide bonds. The van der Waals surface area contributed by atoms with Gasteiger partial charge >= 0.3 is 6.09 Å². The maximum Gasteiger partial charge on any atom is 0.407 e. The van der Waals surface area contributed by atoms with Crippen LogP contribution >= 0.6 is 27.3 Å². The second-order valence-corrected chi connectivity index (χ2v) is 13.4. The second-order valence-electron chi connectivity index (χ2n) is 11.0. The highest BCUT2D eigenvalue weighted by molar-refractivity contribution is 9.11. The monoisotopic (exact) mass is 596 g/mol. The fourth-order valence-electron chi connectivity index (χ4n) is 6.58. The van der Waals surface area contributed by atoms with Gasteiger partial charge in [-0.2, -0.15) is 0 Å². The van der Waals surface area contributed by atoms with E-state index in [1.165, 1.54) is 40.6 Å². The number of methoxy groups -OCH3 is 1. The molecular weight excluding hydrogens is 564 g/mol. The van der Waals surface area contributed by atoms with Crippen LogP contribution in [0.4, 0.5) is 4.79 Å². The fourth-order valence-corrected chi connectivity index (χ4v) is 8.81. The van der Waals surface area contributed by atoms with Crippen LogP contribution in [0.1, 0.15) is 80.8 Å². The normalized spacial score (nSPS) is 22.7. The van der Waals surface area contributed by atoms with Crippen molar-refractivity contribution in [1.29, 1.82) is 0 Å². The molecule has 0 spiro atoms. The zero-order valence-corrected chi connectivity index (χ0v) is 24.3. The number of rotatable bonds is 6. The van der Waals surface area contributed by atoms with Crippen molar-refractivity contribution in [1.82, 2.24) is 20.2 Å². The Bertz CT molecular complexity index is 1360. The van der Waals surface area contributed by atoms with Crippen molar-refractivity contribution < 1.29 is 14.3 Å². The largest absolute Gasteiger partial charge is 0.453 e. The van der Waals surface area contributed by atoms with Crippen LogP contribution in [-0.2, 0) is 9.53 Å². The number of ether oxygens (including phenoxy) is 1. The number of nitrogens with zero attached hydrogens (tertiary/aromatic N) is 2. The van der Waals surface area contributed by atoms with Crippen molar-refractivity contribution in [3.63, 3.8) is 0 Å². The molecule has 0 radical (unpaired) electrons. The number of hydrogen-bond acceptors (Lipinski definition) is 5. The lowest BCUT2D eigenvalue weighted by atomic mass is 9.92. The van der Waals surface area contributed by atoms with Crippen LogP contribution in [0.5, 0.6) is 0 Å². The fraction of sp³-hybridized carbons (Fsp3) is 0.483. The number of hydrogen-bond donors (Lipinski definition) is 2. The molecule has 1 aromatic carbocycles. The van der Waals surface area contributed by atoms with Gasteiger partial charge in [-0.1, -0.05) is 38.1 Å². The highest BCUT2D eigenvalue weighted by Crippen LogP contribution is 2.60. The van der Waals surface area contributed by atoms with E-state index in [4.69, 9.17) is 4.74 Å². The molecule has 200 valence electrons. The number of H-pyrrole nitrogens is 1. The molecule has 3 aromatic rings. The predicted molar refractivity (Wildman–Crippen MR) is 152 cm³/mol. The summed E-state index contributed by atoms with van der Waals surface area (Å²) >= 11 is 5.73. The first-order chi connectivity index (χ1) is 18.4. The van der Waals surface area contributed by atoms with E-state index in [2.05, 4.69) is 55.5 Å². The summed E-state index contributed by atoms with van der Waals surface area (Å²) in [6.45, 7) is 4.49. The lowest BCUT2D eigenvalue weighted by molar-refractivity contribution is -0.135. The molecule has 9 heteroatoms. The molecule has 3 aliphatic rings. The third-order valence-electron chi connectivity index (χ3n) is 8.48. The molecule has 2 bridgehead atoms. The minimum absolute atomic E-state index is 0.0612. The predicted octanol–water partition coefficient (Wildman–Crippen LogP) is 6.98. The Labute approximate surface area is 235 Å². The summed E-state index contributed by atoms with van der Waals surface area (Å²) in [4.78, 5) is 36.7. The Balaban J connectivity index is 1.21. The number of alkyl carbamates (subject to hydrolysis) is 1. The number of aromatic nitrogens is 2.